The van der Waals surface area contributed by atoms with Crippen molar-refractivity contribution in [1.29, 1.82) is 0 Å². The van der Waals surface area contributed by atoms with Gasteiger partial charge in [-0.1, -0.05) is 50.2 Å². The van der Waals surface area contributed by atoms with Crippen molar-refractivity contribution in [2.24, 2.45) is 0 Å². The van der Waals surface area contributed by atoms with Crippen molar-refractivity contribution in [2.75, 3.05) is 19.0 Å². The Hall–Kier alpha value is -4.00. The molecule has 0 aliphatic carbocycles. The number of anilines is 1. The lowest BCUT2D eigenvalue weighted by Crippen LogP contribution is -2.53. The molecule has 4 rings (SSSR count). The van der Waals surface area contributed by atoms with Gasteiger partial charge < -0.3 is 14.8 Å². The molecule has 0 radical (unpaired) electrons. The molecule has 1 heterocycles. The molecule has 3 aromatic carbocycles. The van der Waals surface area contributed by atoms with Gasteiger partial charge >= 0.3 is 0 Å². The Bertz CT molecular complexity index is 1130. The average molecular weight is 446 g/mol. The SMILES string of the molecule is COc1ccc(OCC(=O)NN2C(=O)c3ccccc3NC2c2ccc(C(C)C)cc2)cc1. The molecule has 2 N–H and O–H groups in total. The summed E-state index contributed by atoms with van der Waals surface area (Å²) in [5, 5.41) is 4.70. The quantitative estimate of drug-likeness (QED) is 0.560. The van der Waals surface area contributed by atoms with Gasteiger partial charge in [-0.25, -0.2) is 5.01 Å². The van der Waals surface area contributed by atoms with Crippen LogP contribution in [0, 0.1) is 0 Å². The summed E-state index contributed by atoms with van der Waals surface area (Å²) >= 11 is 0. The third-order valence-corrected chi connectivity index (χ3v) is 5.52. The predicted octanol–water partition coefficient (Wildman–Crippen LogP) is 4.50. The molecule has 0 spiro atoms. The third kappa shape index (κ3) is 4.92. The maximum absolute atomic E-state index is 13.3. The molecule has 1 atom stereocenters. The Morgan fingerprint density at radius 3 is 2.33 bits per heavy atom. The minimum atomic E-state index is -0.557. The second kappa shape index (κ2) is 9.65. The van der Waals surface area contributed by atoms with Crippen molar-refractivity contribution in [3.63, 3.8) is 0 Å². The molecule has 1 aliphatic rings. The number of amides is 2. The van der Waals surface area contributed by atoms with E-state index in [0.29, 0.717) is 23.0 Å². The van der Waals surface area contributed by atoms with Gasteiger partial charge in [0.25, 0.3) is 11.8 Å². The lowest BCUT2D eigenvalue weighted by molar-refractivity contribution is -0.127. The number of benzene rings is 3. The molecule has 7 nitrogen and oxygen atoms in total. The molecular weight excluding hydrogens is 418 g/mol. The van der Waals surface area contributed by atoms with Crippen LogP contribution in [-0.4, -0.2) is 30.5 Å². The third-order valence-electron chi connectivity index (χ3n) is 5.52. The number of fused-ring (bicyclic) bond motifs is 1. The summed E-state index contributed by atoms with van der Waals surface area (Å²) in [6, 6.07) is 22.2. The van der Waals surface area contributed by atoms with E-state index in [1.54, 1.807) is 43.5 Å². The smallest absolute Gasteiger partial charge is 0.276 e. The van der Waals surface area contributed by atoms with Gasteiger partial charge in [0.05, 0.1) is 12.7 Å². The highest BCUT2D eigenvalue weighted by Gasteiger charge is 2.34. The molecule has 0 saturated carbocycles. The summed E-state index contributed by atoms with van der Waals surface area (Å²) in [5.41, 5.74) is 5.99. The summed E-state index contributed by atoms with van der Waals surface area (Å²) in [4.78, 5) is 26.0. The highest BCUT2D eigenvalue weighted by molar-refractivity contribution is 6.02. The lowest BCUT2D eigenvalue weighted by atomic mass is 9.99. The molecule has 33 heavy (non-hydrogen) atoms. The van der Waals surface area contributed by atoms with E-state index in [1.165, 1.54) is 10.6 Å². The maximum atomic E-state index is 13.3. The van der Waals surface area contributed by atoms with Crippen LogP contribution in [0.2, 0.25) is 0 Å². The largest absolute Gasteiger partial charge is 0.497 e. The number of methoxy groups -OCH3 is 1. The van der Waals surface area contributed by atoms with Crippen LogP contribution in [0.4, 0.5) is 5.69 Å². The van der Waals surface area contributed by atoms with E-state index in [1.807, 2.05) is 36.4 Å². The molecule has 3 aromatic rings. The van der Waals surface area contributed by atoms with E-state index in [2.05, 4.69) is 24.6 Å². The first kappa shape index (κ1) is 22.2. The van der Waals surface area contributed by atoms with Gasteiger partial charge in [-0.2, -0.15) is 0 Å². The first-order valence-electron chi connectivity index (χ1n) is 10.8. The first-order chi connectivity index (χ1) is 16.0. The summed E-state index contributed by atoms with van der Waals surface area (Å²) in [5.74, 6) is 0.887. The minimum absolute atomic E-state index is 0.239. The molecule has 0 bridgehead atoms. The van der Waals surface area contributed by atoms with Crippen molar-refractivity contribution in [2.45, 2.75) is 25.9 Å². The molecule has 0 fully saturated rings. The van der Waals surface area contributed by atoms with Gasteiger partial charge in [-0.15, -0.1) is 0 Å². The van der Waals surface area contributed by atoms with E-state index in [9.17, 15) is 9.59 Å². The number of para-hydroxylation sites is 1. The Morgan fingerprint density at radius 1 is 1.00 bits per heavy atom. The van der Waals surface area contributed by atoms with Gasteiger partial charge in [0.15, 0.2) is 6.61 Å². The predicted molar refractivity (Wildman–Crippen MR) is 126 cm³/mol. The van der Waals surface area contributed by atoms with E-state index in [0.717, 1.165) is 11.3 Å². The zero-order chi connectivity index (χ0) is 23.4. The number of rotatable bonds is 7. The van der Waals surface area contributed by atoms with E-state index >= 15 is 0 Å². The highest BCUT2D eigenvalue weighted by Crippen LogP contribution is 2.32. The molecule has 2 amide bonds. The minimum Gasteiger partial charge on any atom is -0.497 e. The Labute approximate surface area is 193 Å². The Kier molecular flexibility index (Phi) is 6.49. The number of hydrazine groups is 1. The van der Waals surface area contributed by atoms with Crippen LogP contribution in [0.25, 0.3) is 0 Å². The van der Waals surface area contributed by atoms with E-state index < -0.39 is 12.1 Å². The average Bonchev–Trinajstić information content (AvgIpc) is 2.84. The van der Waals surface area contributed by atoms with Crippen molar-refractivity contribution >= 4 is 17.5 Å². The van der Waals surface area contributed by atoms with E-state index in [4.69, 9.17) is 9.47 Å². The summed E-state index contributed by atoms with van der Waals surface area (Å²) in [7, 11) is 1.58. The number of hydrogen-bond donors (Lipinski definition) is 2. The zero-order valence-corrected chi connectivity index (χ0v) is 18.9. The fourth-order valence-electron chi connectivity index (χ4n) is 3.65. The van der Waals surface area contributed by atoms with Crippen LogP contribution < -0.4 is 20.2 Å². The van der Waals surface area contributed by atoms with Gasteiger partial charge in [0, 0.05) is 5.69 Å². The van der Waals surface area contributed by atoms with Crippen LogP contribution in [0.3, 0.4) is 0 Å². The molecule has 0 aromatic heterocycles. The molecule has 170 valence electrons. The number of hydrogen-bond acceptors (Lipinski definition) is 5. The van der Waals surface area contributed by atoms with Crippen LogP contribution in [-0.2, 0) is 4.79 Å². The van der Waals surface area contributed by atoms with Gasteiger partial charge in [0.2, 0.25) is 0 Å². The molecule has 1 unspecified atom stereocenters. The Balaban J connectivity index is 1.53. The number of carbonyl (C=O) groups excluding carboxylic acids is 2. The van der Waals surface area contributed by atoms with Crippen molar-refractivity contribution in [1.82, 2.24) is 10.4 Å². The first-order valence-corrected chi connectivity index (χ1v) is 10.8. The van der Waals surface area contributed by atoms with Crippen LogP contribution >= 0.6 is 0 Å². The van der Waals surface area contributed by atoms with Gasteiger partial charge in [-0.05, 0) is 53.4 Å². The lowest BCUT2D eigenvalue weighted by Gasteiger charge is -2.37. The number of nitrogens with zero attached hydrogens (tertiary/aromatic N) is 1. The highest BCUT2D eigenvalue weighted by atomic mass is 16.5. The van der Waals surface area contributed by atoms with Crippen LogP contribution in [0.15, 0.2) is 72.8 Å². The molecule has 0 saturated heterocycles. The summed E-state index contributed by atoms with van der Waals surface area (Å²) in [6.07, 6.45) is -0.557. The topological polar surface area (TPSA) is 79.9 Å². The monoisotopic (exact) mass is 445 g/mol. The second-order valence-electron chi connectivity index (χ2n) is 8.09. The second-order valence-corrected chi connectivity index (χ2v) is 8.09. The fourth-order valence-corrected chi connectivity index (χ4v) is 3.65. The van der Waals surface area contributed by atoms with Crippen molar-refractivity contribution < 1.29 is 19.1 Å². The van der Waals surface area contributed by atoms with E-state index in [-0.39, 0.29) is 12.5 Å². The molecular formula is C26H27N3O4. The van der Waals surface area contributed by atoms with Crippen molar-refractivity contribution in [3.05, 3.63) is 89.5 Å². The number of ether oxygens (including phenoxy) is 2. The summed E-state index contributed by atoms with van der Waals surface area (Å²) in [6.45, 7) is 4.02. The number of nitrogens with one attached hydrogen (secondary N) is 2. The summed E-state index contributed by atoms with van der Waals surface area (Å²) < 4.78 is 10.7. The number of carbonyl (C=O) groups is 2. The normalized spacial score (nSPS) is 15.0. The standard InChI is InChI=1S/C26H27N3O4/c1-17(2)18-8-10-19(11-9-18)25-27-23-7-5-4-6-22(23)26(31)29(25)28-24(30)16-33-21-14-12-20(32-3)13-15-21/h4-15,17,25,27H,16H2,1-3H3,(H,28,30). The van der Waals surface area contributed by atoms with Crippen LogP contribution in [0.5, 0.6) is 11.5 Å². The van der Waals surface area contributed by atoms with Crippen molar-refractivity contribution in [3.8, 4) is 11.5 Å². The maximum Gasteiger partial charge on any atom is 0.276 e. The zero-order valence-electron chi connectivity index (χ0n) is 18.9. The van der Waals surface area contributed by atoms with Gasteiger partial charge in [-0.3, -0.25) is 15.0 Å². The molecule has 7 heteroatoms. The Morgan fingerprint density at radius 2 is 1.67 bits per heavy atom. The van der Waals surface area contributed by atoms with Gasteiger partial charge in [0.1, 0.15) is 17.7 Å². The fraction of sp³-hybridized carbons (Fsp3) is 0.231. The van der Waals surface area contributed by atoms with Crippen LogP contribution in [0.1, 0.15) is 47.4 Å². The molecule has 1 aliphatic heterocycles.